The summed E-state index contributed by atoms with van der Waals surface area (Å²) in [4.78, 5) is 0. The Bertz CT molecular complexity index is 316. The lowest BCUT2D eigenvalue weighted by molar-refractivity contribution is 0.0618. The van der Waals surface area contributed by atoms with E-state index in [1.165, 1.54) is 18.6 Å². The van der Waals surface area contributed by atoms with Crippen molar-refractivity contribution in [2.75, 3.05) is 0 Å². The Morgan fingerprint density at radius 3 is 2.57 bits per heavy atom. The van der Waals surface area contributed by atoms with Crippen LogP contribution >= 0.6 is 15.9 Å². The molecule has 0 radical (unpaired) electrons. The van der Waals surface area contributed by atoms with E-state index < -0.39 is 6.10 Å². The number of rotatable bonds is 2. The highest BCUT2D eigenvalue weighted by Gasteiger charge is 2.27. The molecule has 0 aromatic heterocycles. The number of aliphatic hydroxyl groups is 1. The highest BCUT2D eigenvalue weighted by Crippen LogP contribution is 2.38. The summed E-state index contributed by atoms with van der Waals surface area (Å²) in [7, 11) is 0. The van der Waals surface area contributed by atoms with Crippen LogP contribution in [-0.2, 0) is 0 Å². The number of hydrogen-bond donors (Lipinski definition) is 1. The fourth-order valence-electron chi connectivity index (χ4n) is 1.77. The van der Waals surface area contributed by atoms with Gasteiger partial charge in [-0.05, 0) is 42.5 Å². The Hall–Kier alpha value is -0.410. The molecule has 1 atom stereocenters. The van der Waals surface area contributed by atoms with Crippen LogP contribution in [0, 0.1) is 11.7 Å². The van der Waals surface area contributed by atoms with Gasteiger partial charge in [-0.3, -0.25) is 0 Å². The van der Waals surface area contributed by atoms with Gasteiger partial charge in [0.15, 0.2) is 0 Å². The molecule has 0 aliphatic heterocycles. The second kappa shape index (κ2) is 3.99. The minimum absolute atomic E-state index is 0.298. The quantitative estimate of drug-likeness (QED) is 0.862. The summed E-state index contributed by atoms with van der Waals surface area (Å²) >= 11 is 3.22. The van der Waals surface area contributed by atoms with Gasteiger partial charge in [-0.15, -0.1) is 0 Å². The standard InChI is InChI=1S/C11H12BrFO/c12-9-4-8(5-10(13)6-9)11(14)7-2-1-3-7/h4-7,11,14H,1-3H2. The molecule has 1 aromatic rings. The van der Waals surface area contributed by atoms with Crippen LogP contribution in [0.25, 0.3) is 0 Å². The van der Waals surface area contributed by atoms with Gasteiger partial charge < -0.3 is 5.11 Å². The molecule has 1 N–H and O–H groups in total. The molecule has 0 spiro atoms. The van der Waals surface area contributed by atoms with E-state index in [4.69, 9.17) is 0 Å². The van der Waals surface area contributed by atoms with Crippen LogP contribution < -0.4 is 0 Å². The van der Waals surface area contributed by atoms with Gasteiger partial charge in [0.05, 0.1) is 6.10 Å². The first-order valence-electron chi connectivity index (χ1n) is 4.81. The lowest BCUT2D eigenvalue weighted by atomic mass is 9.79. The molecule has 3 heteroatoms. The average Bonchev–Trinajstić information content (AvgIpc) is 1.98. The van der Waals surface area contributed by atoms with E-state index in [0.29, 0.717) is 16.0 Å². The zero-order valence-electron chi connectivity index (χ0n) is 7.71. The largest absolute Gasteiger partial charge is 0.388 e. The minimum atomic E-state index is -0.504. The van der Waals surface area contributed by atoms with Crippen LogP contribution in [0.5, 0.6) is 0 Å². The molecular formula is C11H12BrFO. The van der Waals surface area contributed by atoms with Gasteiger partial charge in [0.25, 0.3) is 0 Å². The molecule has 2 rings (SSSR count). The van der Waals surface area contributed by atoms with E-state index in [-0.39, 0.29) is 5.82 Å². The first-order chi connectivity index (χ1) is 6.66. The van der Waals surface area contributed by atoms with Crippen molar-refractivity contribution in [3.63, 3.8) is 0 Å². The molecule has 1 aliphatic rings. The molecule has 1 aliphatic carbocycles. The second-order valence-electron chi connectivity index (χ2n) is 3.84. The Morgan fingerprint density at radius 1 is 1.36 bits per heavy atom. The summed E-state index contributed by atoms with van der Waals surface area (Å²) in [6.45, 7) is 0. The molecule has 1 aromatic carbocycles. The van der Waals surface area contributed by atoms with Crippen molar-refractivity contribution in [2.45, 2.75) is 25.4 Å². The first-order valence-corrected chi connectivity index (χ1v) is 5.60. The number of aliphatic hydroxyl groups excluding tert-OH is 1. The highest BCUT2D eigenvalue weighted by atomic mass is 79.9. The van der Waals surface area contributed by atoms with Crippen LogP contribution in [0.15, 0.2) is 22.7 Å². The van der Waals surface area contributed by atoms with Crippen molar-refractivity contribution in [3.05, 3.63) is 34.1 Å². The monoisotopic (exact) mass is 258 g/mol. The Labute approximate surface area is 91.1 Å². The van der Waals surface area contributed by atoms with Gasteiger partial charge in [-0.1, -0.05) is 22.4 Å². The summed E-state index contributed by atoms with van der Waals surface area (Å²) in [6, 6.07) is 4.59. The minimum Gasteiger partial charge on any atom is -0.388 e. The van der Waals surface area contributed by atoms with Gasteiger partial charge in [-0.25, -0.2) is 4.39 Å². The fourth-order valence-corrected chi connectivity index (χ4v) is 2.26. The van der Waals surface area contributed by atoms with Gasteiger partial charge in [-0.2, -0.15) is 0 Å². The van der Waals surface area contributed by atoms with Crippen molar-refractivity contribution < 1.29 is 9.50 Å². The topological polar surface area (TPSA) is 20.2 Å². The van der Waals surface area contributed by atoms with Crippen LogP contribution in [0.3, 0.4) is 0 Å². The maximum Gasteiger partial charge on any atom is 0.124 e. The van der Waals surface area contributed by atoms with Gasteiger partial charge in [0.2, 0.25) is 0 Å². The van der Waals surface area contributed by atoms with E-state index in [0.717, 1.165) is 12.8 Å². The third kappa shape index (κ3) is 1.98. The molecule has 1 saturated carbocycles. The molecule has 76 valence electrons. The molecule has 1 fully saturated rings. The molecule has 1 nitrogen and oxygen atoms in total. The number of halogens is 2. The van der Waals surface area contributed by atoms with Crippen molar-refractivity contribution in [1.29, 1.82) is 0 Å². The predicted octanol–water partition coefficient (Wildman–Crippen LogP) is 3.42. The lowest BCUT2D eigenvalue weighted by Gasteiger charge is -2.30. The number of hydrogen-bond acceptors (Lipinski definition) is 1. The highest BCUT2D eigenvalue weighted by molar-refractivity contribution is 9.10. The smallest absolute Gasteiger partial charge is 0.124 e. The molecule has 0 saturated heterocycles. The summed E-state index contributed by atoms with van der Waals surface area (Å²) in [5.41, 5.74) is 0.682. The van der Waals surface area contributed by atoms with Crippen LogP contribution in [0.1, 0.15) is 30.9 Å². The average molecular weight is 259 g/mol. The van der Waals surface area contributed by atoms with Crippen LogP contribution in [0.2, 0.25) is 0 Å². The third-order valence-electron chi connectivity index (χ3n) is 2.82. The summed E-state index contributed by atoms with van der Waals surface area (Å²) in [5, 5.41) is 9.90. The molecule has 1 unspecified atom stereocenters. The van der Waals surface area contributed by atoms with E-state index in [9.17, 15) is 9.50 Å². The molecule has 14 heavy (non-hydrogen) atoms. The summed E-state index contributed by atoms with van der Waals surface area (Å²) in [5.74, 6) is 0.0245. The Balaban J connectivity index is 2.21. The normalized spacial score (nSPS) is 19.1. The zero-order chi connectivity index (χ0) is 10.1. The maximum atomic E-state index is 13.0. The van der Waals surface area contributed by atoms with Crippen LogP contribution in [0.4, 0.5) is 4.39 Å². The van der Waals surface area contributed by atoms with Crippen LogP contribution in [-0.4, -0.2) is 5.11 Å². The molecule has 0 amide bonds. The summed E-state index contributed by atoms with van der Waals surface area (Å²) < 4.78 is 13.7. The van der Waals surface area contributed by atoms with E-state index in [1.807, 2.05) is 0 Å². The Morgan fingerprint density at radius 2 is 2.07 bits per heavy atom. The van der Waals surface area contributed by atoms with E-state index in [2.05, 4.69) is 15.9 Å². The van der Waals surface area contributed by atoms with Crippen molar-refractivity contribution >= 4 is 15.9 Å². The first kappa shape index (κ1) is 10.1. The van der Waals surface area contributed by atoms with Crippen molar-refractivity contribution in [3.8, 4) is 0 Å². The fraction of sp³-hybridized carbons (Fsp3) is 0.455. The summed E-state index contributed by atoms with van der Waals surface area (Å²) in [6.07, 6.45) is 2.78. The third-order valence-corrected chi connectivity index (χ3v) is 3.28. The Kier molecular flexibility index (Phi) is 2.88. The van der Waals surface area contributed by atoms with Gasteiger partial charge in [0, 0.05) is 4.47 Å². The maximum absolute atomic E-state index is 13.0. The van der Waals surface area contributed by atoms with Gasteiger partial charge in [0.1, 0.15) is 5.82 Å². The van der Waals surface area contributed by atoms with Gasteiger partial charge >= 0.3 is 0 Å². The SMILES string of the molecule is OC(c1cc(F)cc(Br)c1)C1CCC1. The lowest BCUT2D eigenvalue weighted by Crippen LogP contribution is -2.20. The molecule has 0 heterocycles. The number of benzene rings is 1. The molecule has 0 bridgehead atoms. The zero-order valence-corrected chi connectivity index (χ0v) is 9.30. The van der Waals surface area contributed by atoms with Crippen molar-refractivity contribution in [1.82, 2.24) is 0 Å². The van der Waals surface area contributed by atoms with Crippen molar-refractivity contribution in [2.24, 2.45) is 5.92 Å². The molecular weight excluding hydrogens is 247 g/mol. The predicted molar refractivity (Wildman–Crippen MR) is 56.4 cm³/mol. The van der Waals surface area contributed by atoms with E-state index in [1.54, 1.807) is 6.07 Å². The second-order valence-corrected chi connectivity index (χ2v) is 4.75. The van der Waals surface area contributed by atoms with E-state index >= 15 is 0 Å².